The molecule has 0 saturated carbocycles. The molecule has 0 radical (unpaired) electrons. The van der Waals surface area contributed by atoms with Gasteiger partial charge in [-0.1, -0.05) is 109 Å². The Morgan fingerprint density at radius 2 is 0.689 bits per heavy atom. The number of anilines is 6. The molecule has 0 aliphatic heterocycles. The van der Waals surface area contributed by atoms with Crippen molar-refractivity contribution in [2.24, 2.45) is 0 Å². The lowest BCUT2D eigenvalue weighted by molar-refractivity contribution is -0.137. The van der Waals surface area contributed by atoms with Gasteiger partial charge in [0, 0.05) is 22.7 Å². The molecule has 61 heavy (non-hydrogen) atoms. The molecule has 0 amide bonds. The average molecular weight is 817 g/mol. The van der Waals surface area contributed by atoms with Crippen LogP contribution in [0.15, 0.2) is 182 Å². The fraction of sp³-hybridized carbons (Fsp3) is 0.0943. The highest BCUT2D eigenvalue weighted by atomic mass is 19.4. The van der Waals surface area contributed by atoms with E-state index in [1.54, 1.807) is 24.3 Å². The summed E-state index contributed by atoms with van der Waals surface area (Å²) < 4.78 is 86.0. The molecule has 1 aliphatic rings. The van der Waals surface area contributed by atoms with Crippen LogP contribution in [0.2, 0.25) is 0 Å². The third kappa shape index (κ3) is 7.54. The van der Waals surface area contributed by atoms with Gasteiger partial charge in [-0.25, -0.2) is 0 Å². The molecule has 8 aromatic rings. The minimum Gasteiger partial charge on any atom is -0.310 e. The first kappa shape index (κ1) is 39.4. The number of para-hydroxylation sites is 4. The lowest BCUT2D eigenvalue weighted by Gasteiger charge is -2.30. The van der Waals surface area contributed by atoms with Gasteiger partial charge >= 0.3 is 12.4 Å². The van der Waals surface area contributed by atoms with Crippen molar-refractivity contribution in [3.05, 3.63) is 215 Å². The molecule has 302 valence electrons. The Morgan fingerprint density at radius 1 is 0.361 bits per heavy atom. The van der Waals surface area contributed by atoms with Crippen molar-refractivity contribution in [1.29, 1.82) is 0 Å². The van der Waals surface area contributed by atoms with Crippen LogP contribution in [0, 0.1) is 13.8 Å². The van der Waals surface area contributed by atoms with E-state index >= 15 is 0 Å². The number of fused-ring (bicyclic) bond motifs is 3. The topological polar surface area (TPSA) is 6.48 Å². The smallest absolute Gasteiger partial charge is 0.310 e. The maximum absolute atomic E-state index is 14.3. The van der Waals surface area contributed by atoms with Crippen LogP contribution in [0.1, 0.15) is 33.4 Å². The molecule has 8 aromatic carbocycles. The molecule has 0 heterocycles. The monoisotopic (exact) mass is 816 g/mol. The van der Waals surface area contributed by atoms with Gasteiger partial charge in [-0.3, -0.25) is 0 Å². The van der Waals surface area contributed by atoms with Crippen LogP contribution in [0.5, 0.6) is 0 Å². The molecule has 0 spiro atoms. The number of alkyl halides is 6. The number of rotatable bonds is 8. The van der Waals surface area contributed by atoms with Crippen molar-refractivity contribution in [3.8, 4) is 33.4 Å². The molecule has 2 nitrogen and oxygen atoms in total. The second kappa shape index (κ2) is 15.5. The molecule has 1 aliphatic carbocycles. The molecule has 8 heteroatoms. The fourth-order valence-electron chi connectivity index (χ4n) is 8.39. The molecular weight excluding hydrogens is 779 g/mol. The highest BCUT2D eigenvalue weighted by Gasteiger charge is 2.39. The lowest BCUT2D eigenvalue weighted by Crippen LogP contribution is -2.20. The summed E-state index contributed by atoms with van der Waals surface area (Å²) in [6.45, 7) is 4.24. The zero-order valence-electron chi connectivity index (χ0n) is 33.2. The van der Waals surface area contributed by atoms with Gasteiger partial charge in [0.15, 0.2) is 0 Å². The fourth-order valence-corrected chi connectivity index (χ4v) is 8.39. The number of aryl methyl sites for hydroxylation is 2. The molecule has 0 fully saturated rings. The highest BCUT2D eigenvalue weighted by Crippen LogP contribution is 2.48. The van der Waals surface area contributed by atoms with E-state index in [0.717, 1.165) is 73.9 Å². The summed E-state index contributed by atoms with van der Waals surface area (Å²) in [6, 6.07) is 54.1. The third-order valence-electron chi connectivity index (χ3n) is 11.4. The number of nitrogens with zero attached hydrogens (tertiary/aromatic N) is 2. The van der Waals surface area contributed by atoms with Gasteiger partial charge in [-0.15, -0.1) is 0 Å². The van der Waals surface area contributed by atoms with E-state index in [2.05, 4.69) is 110 Å². The maximum atomic E-state index is 14.3. The van der Waals surface area contributed by atoms with E-state index in [1.807, 2.05) is 18.2 Å². The molecule has 0 N–H and O–H groups in total. The number of hydrogen-bond donors (Lipinski definition) is 0. The van der Waals surface area contributed by atoms with E-state index in [1.165, 1.54) is 58.7 Å². The first-order valence-corrected chi connectivity index (χ1v) is 19.9. The van der Waals surface area contributed by atoms with Gasteiger partial charge in [0.1, 0.15) is 0 Å². The quantitative estimate of drug-likeness (QED) is 0.141. The predicted molar refractivity (Wildman–Crippen MR) is 234 cm³/mol. The third-order valence-corrected chi connectivity index (χ3v) is 11.4. The summed E-state index contributed by atoms with van der Waals surface area (Å²) in [6.07, 6.45) is -8.84. The van der Waals surface area contributed by atoms with E-state index < -0.39 is 34.9 Å². The molecule has 0 bridgehead atoms. The first-order chi connectivity index (χ1) is 29.3. The van der Waals surface area contributed by atoms with Crippen molar-refractivity contribution in [1.82, 2.24) is 0 Å². The van der Waals surface area contributed by atoms with E-state index in [0.29, 0.717) is 0 Å². The Hall–Kier alpha value is -7.06. The second-order valence-electron chi connectivity index (χ2n) is 15.3. The average Bonchev–Trinajstić information content (AvgIpc) is 3.63. The van der Waals surface area contributed by atoms with Crippen LogP contribution in [0.4, 0.5) is 60.5 Å². The van der Waals surface area contributed by atoms with Gasteiger partial charge in [0.25, 0.3) is 0 Å². The summed E-state index contributed by atoms with van der Waals surface area (Å²) in [7, 11) is 0. The van der Waals surface area contributed by atoms with Crippen molar-refractivity contribution in [2.45, 2.75) is 32.6 Å². The van der Waals surface area contributed by atoms with E-state index in [9.17, 15) is 26.3 Å². The van der Waals surface area contributed by atoms with Crippen LogP contribution >= 0.6 is 0 Å². The van der Waals surface area contributed by atoms with Crippen LogP contribution in [-0.4, -0.2) is 0 Å². The maximum Gasteiger partial charge on any atom is 0.418 e. The van der Waals surface area contributed by atoms with Crippen LogP contribution in [0.25, 0.3) is 33.4 Å². The van der Waals surface area contributed by atoms with Crippen LogP contribution in [-0.2, 0) is 18.8 Å². The zero-order valence-corrected chi connectivity index (χ0v) is 33.2. The van der Waals surface area contributed by atoms with E-state index in [4.69, 9.17) is 0 Å². The summed E-state index contributed by atoms with van der Waals surface area (Å²) in [4.78, 5) is 3.33. The second-order valence-corrected chi connectivity index (χ2v) is 15.3. The lowest BCUT2D eigenvalue weighted by atomic mass is 9.96. The molecule has 0 aromatic heterocycles. The van der Waals surface area contributed by atoms with Gasteiger partial charge in [0.2, 0.25) is 0 Å². The van der Waals surface area contributed by atoms with Crippen molar-refractivity contribution >= 4 is 34.1 Å². The van der Waals surface area contributed by atoms with Crippen LogP contribution < -0.4 is 9.80 Å². The van der Waals surface area contributed by atoms with Crippen LogP contribution in [0.3, 0.4) is 0 Å². The largest absolute Gasteiger partial charge is 0.418 e. The predicted octanol–water partition coefficient (Wildman–Crippen LogP) is 16.2. The van der Waals surface area contributed by atoms with Crippen molar-refractivity contribution in [2.75, 3.05) is 9.80 Å². The molecule has 0 unspecified atom stereocenters. The van der Waals surface area contributed by atoms with Crippen molar-refractivity contribution < 1.29 is 26.3 Å². The Bertz CT molecular complexity index is 2790. The van der Waals surface area contributed by atoms with Gasteiger partial charge in [-0.2, -0.15) is 26.3 Å². The van der Waals surface area contributed by atoms with Gasteiger partial charge in [-0.05, 0) is 149 Å². The minimum absolute atomic E-state index is 0.153. The van der Waals surface area contributed by atoms with Gasteiger partial charge < -0.3 is 9.80 Å². The number of benzene rings is 8. The SMILES string of the molecule is Cc1ccccc1N(c1ccc(-c2ccc3c(c2)-c2cc(-c4ccc(N(c5ccccc5C(F)(F)F)c5ccccc5C(F)(F)F)cc4)ccc2C3)cc1)c1ccccc1C. The Balaban J connectivity index is 1.05. The number of hydrogen-bond acceptors (Lipinski definition) is 2. The summed E-state index contributed by atoms with van der Waals surface area (Å²) in [5, 5.41) is 0. The Labute approximate surface area is 350 Å². The zero-order chi connectivity index (χ0) is 42.5. The first-order valence-electron chi connectivity index (χ1n) is 19.9. The Kier molecular flexibility index (Phi) is 10.0. The summed E-state index contributed by atoms with van der Waals surface area (Å²) in [5.74, 6) is 0. The molecule has 0 atom stereocenters. The summed E-state index contributed by atoms with van der Waals surface area (Å²) in [5.41, 5.74) is 11.2. The molecular formula is C53H38F6N2. The molecule has 0 saturated heterocycles. The minimum atomic E-state index is -4.81. The summed E-state index contributed by atoms with van der Waals surface area (Å²) >= 11 is 0. The van der Waals surface area contributed by atoms with Gasteiger partial charge in [0.05, 0.1) is 22.5 Å². The Morgan fingerprint density at radius 3 is 1.07 bits per heavy atom. The highest BCUT2D eigenvalue weighted by molar-refractivity contribution is 5.87. The molecule has 9 rings (SSSR count). The number of halogens is 6. The van der Waals surface area contributed by atoms with Crippen molar-refractivity contribution in [3.63, 3.8) is 0 Å². The standard InChI is InChI=1S/C53H38F6N2/c1-34-11-3-7-15-48(34)60(49-16-8-4-12-35(49)2)42-27-23-36(24-28-42)38-19-21-40-31-41-22-20-39(33-45(41)44(40)32-38)37-25-29-43(30-26-37)61(50-17-9-5-13-46(50)52(54,55)56)51-18-10-6-14-47(51)53(57,58)59/h3-30,32-33H,31H2,1-2H3. The van der Waals surface area contributed by atoms with E-state index in [-0.39, 0.29) is 5.69 Å². The normalized spacial score (nSPS) is 12.2.